The molecule has 0 amide bonds. The van der Waals surface area contributed by atoms with Crippen molar-refractivity contribution in [3.05, 3.63) is 35.4 Å². The van der Waals surface area contributed by atoms with Crippen molar-refractivity contribution < 1.29 is 14.3 Å². The van der Waals surface area contributed by atoms with E-state index in [1.807, 2.05) is 45.1 Å². The van der Waals surface area contributed by atoms with Gasteiger partial charge >= 0.3 is 0 Å². The van der Waals surface area contributed by atoms with Crippen LogP contribution in [0.2, 0.25) is 0 Å². The zero-order valence-electron chi connectivity index (χ0n) is 13.9. The van der Waals surface area contributed by atoms with Crippen LogP contribution < -0.4 is 9.47 Å². The number of nitrogens with zero attached hydrogens (tertiary/aromatic N) is 1. The Morgan fingerprint density at radius 1 is 1.27 bits per heavy atom. The molecule has 0 saturated heterocycles. The number of oxime groups is 1. The fourth-order valence-corrected chi connectivity index (χ4v) is 2.71. The molecule has 1 unspecified atom stereocenters. The van der Waals surface area contributed by atoms with Gasteiger partial charge in [0, 0.05) is 0 Å². The third-order valence-electron chi connectivity index (χ3n) is 3.76. The maximum atomic E-state index is 6.20. The summed E-state index contributed by atoms with van der Waals surface area (Å²) in [5.41, 5.74) is 3.16. The lowest BCUT2D eigenvalue weighted by molar-refractivity contribution is 0.202. The van der Waals surface area contributed by atoms with Crippen LogP contribution in [0.5, 0.6) is 11.5 Å². The molecule has 1 atom stereocenters. The monoisotopic (exact) mass is 303 g/mol. The zero-order valence-corrected chi connectivity index (χ0v) is 13.9. The van der Waals surface area contributed by atoms with E-state index in [0.29, 0.717) is 6.61 Å². The second kappa shape index (κ2) is 7.87. The molecule has 0 aliphatic heterocycles. The fourth-order valence-electron chi connectivity index (χ4n) is 2.71. The predicted octanol–water partition coefficient (Wildman–Crippen LogP) is 4.19. The zero-order chi connectivity index (χ0) is 15.9. The molecule has 120 valence electrons. The number of benzene rings is 1. The number of rotatable bonds is 6. The van der Waals surface area contributed by atoms with Crippen LogP contribution >= 0.6 is 0 Å². The molecule has 1 aromatic carbocycles. The molecule has 0 heterocycles. The highest BCUT2D eigenvalue weighted by Gasteiger charge is 2.26. The summed E-state index contributed by atoms with van der Waals surface area (Å²) in [5, 5.41) is 4.09. The second-order valence-electron chi connectivity index (χ2n) is 5.53. The van der Waals surface area contributed by atoms with E-state index in [1.54, 1.807) is 7.11 Å². The molecule has 1 aliphatic carbocycles. The van der Waals surface area contributed by atoms with Crippen molar-refractivity contribution in [1.29, 1.82) is 0 Å². The lowest BCUT2D eigenvalue weighted by Gasteiger charge is -2.19. The molecule has 1 aromatic rings. The minimum absolute atomic E-state index is 0.0205. The molecule has 1 aliphatic rings. The van der Waals surface area contributed by atoms with Gasteiger partial charge in [-0.25, -0.2) is 0 Å². The van der Waals surface area contributed by atoms with Gasteiger partial charge in [0.25, 0.3) is 0 Å². The van der Waals surface area contributed by atoms with Crippen molar-refractivity contribution in [3.8, 4) is 11.5 Å². The summed E-state index contributed by atoms with van der Waals surface area (Å²) in [6, 6.07) is 4.04. The molecule has 0 radical (unpaired) electrons. The SMILES string of the molecule is C/C=C/COc1cc(C)c(OC2CCC/C2=N\OC)c(C)c1. The van der Waals surface area contributed by atoms with Gasteiger partial charge in [-0.15, -0.1) is 0 Å². The van der Waals surface area contributed by atoms with E-state index < -0.39 is 0 Å². The summed E-state index contributed by atoms with van der Waals surface area (Å²) in [6.07, 6.45) is 7.01. The van der Waals surface area contributed by atoms with Crippen molar-refractivity contribution in [2.75, 3.05) is 13.7 Å². The van der Waals surface area contributed by atoms with Crippen LogP contribution in [0.15, 0.2) is 29.4 Å². The van der Waals surface area contributed by atoms with Crippen LogP contribution in [-0.4, -0.2) is 25.5 Å². The molecule has 0 N–H and O–H groups in total. The van der Waals surface area contributed by atoms with E-state index in [-0.39, 0.29) is 6.10 Å². The van der Waals surface area contributed by atoms with Gasteiger partial charge in [0.1, 0.15) is 31.3 Å². The Morgan fingerprint density at radius 2 is 2.00 bits per heavy atom. The Morgan fingerprint density at radius 3 is 2.64 bits per heavy atom. The van der Waals surface area contributed by atoms with Gasteiger partial charge in [0.15, 0.2) is 0 Å². The highest BCUT2D eigenvalue weighted by molar-refractivity contribution is 5.90. The van der Waals surface area contributed by atoms with E-state index in [4.69, 9.17) is 14.3 Å². The number of allylic oxidation sites excluding steroid dienone is 1. The molecule has 0 spiro atoms. The van der Waals surface area contributed by atoms with Crippen LogP contribution in [-0.2, 0) is 4.84 Å². The average Bonchev–Trinajstić information content (AvgIpc) is 2.91. The normalized spacial score (nSPS) is 19.8. The van der Waals surface area contributed by atoms with Crippen LogP contribution in [0.4, 0.5) is 0 Å². The van der Waals surface area contributed by atoms with Gasteiger partial charge in [-0.1, -0.05) is 17.3 Å². The largest absolute Gasteiger partial charge is 0.490 e. The Labute approximate surface area is 132 Å². The average molecular weight is 303 g/mol. The molecule has 1 fully saturated rings. The first-order valence-corrected chi connectivity index (χ1v) is 7.77. The number of hydrogen-bond acceptors (Lipinski definition) is 4. The molecule has 4 nitrogen and oxygen atoms in total. The molecule has 2 rings (SSSR count). The van der Waals surface area contributed by atoms with Crippen LogP contribution in [0.25, 0.3) is 0 Å². The highest BCUT2D eigenvalue weighted by atomic mass is 16.6. The molecule has 22 heavy (non-hydrogen) atoms. The Balaban J connectivity index is 2.12. The first-order chi connectivity index (χ1) is 10.7. The van der Waals surface area contributed by atoms with E-state index >= 15 is 0 Å². The van der Waals surface area contributed by atoms with Gasteiger partial charge in [-0.2, -0.15) is 0 Å². The van der Waals surface area contributed by atoms with Crippen molar-refractivity contribution in [2.24, 2.45) is 5.16 Å². The number of aryl methyl sites for hydroxylation is 2. The van der Waals surface area contributed by atoms with Crippen molar-refractivity contribution in [1.82, 2.24) is 0 Å². The number of hydrogen-bond donors (Lipinski definition) is 0. The van der Waals surface area contributed by atoms with Crippen LogP contribution in [0.3, 0.4) is 0 Å². The minimum Gasteiger partial charge on any atom is -0.490 e. The third kappa shape index (κ3) is 4.03. The van der Waals surface area contributed by atoms with E-state index in [0.717, 1.165) is 47.6 Å². The van der Waals surface area contributed by atoms with Gasteiger partial charge in [0.05, 0.1) is 5.71 Å². The molecular weight excluding hydrogens is 278 g/mol. The summed E-state index contributed by atoms with van der Waals surface area (Å²) in [5.74, 6) is 1.80. The summed E-state index contributed by atoms with van der Waals surface area (Å²) >= 11 is 0. The predicted molar refractivity (Wildman–Crippen MR) is 88.9 cm³/mol. The van der Waals surface area contributed by atoms with Gasteiger partial charge in [-0.3, -0.25) is 0 Å². The second-order valence-corrected chi connectivity index (χ2v) is 5.53. The Kier molecular flexibility index (Phi) is 5.87. The third-order valence-corrected chi connectivity index (χ3v) is 3.76. The lowest BCUT2D eigenvalue weighted by atomic mass is 10.1. The van der Waals surface area contributed by atoms with Crippen molar-refractivity contribution in [2.45, 2.75) is 46.1 Å². The topological polar surface area (TPSA) is 40.0 Å². The molecular formula is C18H25NO3. The van der Waals surface area contributed by atoms with Gasteiger partial charge < -0.3 is 14.3 Å². The first kappa shape index (κ1) is 16.4. The Bertz CT molecular complexity index is 540. The minimum atomic E-state index is 0.0205. The molecule has 0 aromatic heterocycles. The number of ether oxygens (including phenoxy) is 2. The maximum Gasteiger partial charge on any atom is 0.140 e. The molecule has 0 bridgehead atoms. The summed E-state index contributed by atoms with van der Waals surface area (Å²) in [7, 11) is 1.58. The van der Waals surface area contributed by atoms with Crippen LogP contribution in [0, 0.1) is 13.8 Å². The summed E-state index contributed by atoms with van der Waals surface area (Å²) in [6.45, 7) is 6.67. The maximum absolute atomic E-state index is 6.20. The van der Waals surface area contributed by atoms with E-state index in [2.05, 4.69) is 5.16 Å². The standard InChI is InChI=1S/C18H25NO3/c1-5-6-10-21-15-11-13(2)18(14(3)12-15)22-17-9-7-8-16(17)19-20-4/h5-6,11-12,17H,7-10H2,1-4H3/b6-5+,19-16+. The quantitative estimate of drug-likeness (QED) is 0.584. The summed E-state index contributed by atoms with van der Waals surface area (Å²) in [4.78, 5) is 4.91. The first-order valence-electron chi connectivity index (χ1n) is 7.77. The van der Waals surface area contributed by atoms with Crippen molar-refractivity contribution in [3.63, 3.8) is 0 Å². The van der Waals surface area contributed by atoms with E-state index in [9.17, 15) is 0 Å². The van der Waals surface area contributed by atoms with E-state index in [1.165, 1.54) is 0 Å². The smallest absolute Gasteiger partial charge is 0.140 e. The van der Waals surface area contributed by atoms with Gasteiger partial charge in [-0.05, 0) is 63.3 Å². The summed E-state index contributed by atoms with van der Waals surface area (Å²) < 4.78 is 11.9. The van der Waals surface area contributed by atoms with Crippen LogP contribution in [0.1, 0.15) is 37.3 Å². The highest BCUT2D eigenvalue weighted by Crippen LogP contribution is 2.31. The molecule has 4 heteroatoms. The van der Waals surface area contributed by atoms with Crippen molar-refractivity contribution >= 4 is 5.71 Å². The molecule has 1 saturated carbocycles. The fraction of sp³-hybridized carbons (Fsp3) is 0.500. The lowest BCUT2D eigenvalue weighted by Crippen LogP contribution is -2.22. The van der Waals surface area contributed by atoms with Gasteiger partial charge in [0.2, 0.25) is 0 Å². The Hall–Kier alpha value is -1.97.